The zero-order chi connectivity index (χ0) is 21.7. The van der Waals surface area contributed by atoms with Gasteiger partial charge in [-0.1, -0.05) is 91.9 Å². The molecule has 4 aromatic rings. The molecule has 0 saturated heterocycles. The van der Waals surface area contributed by atoms with E-state index in [1.807, 2.05) is 24.3 Å². The van der Waals surface area contributed by atoms with Crippen molar-refractivity contribution in [1.82, 2.24) is 0 Å². The topological polar surface area (TPSA) is 40.5 Å². The SMILES string of the molecule is CC(CCc1ccc(O)cc1)(c1ccc(O)cc1)C(c1ccccc1)c1ccccc1. The van der Waals surface area contributed by atoms with E-state index in [0.717, 1.165) is 12.8 Å². The van der Waals surface area contributed by atoms with Crippen molar-refractivity contribution in [3.05, 3.63) is 131 Å². The minimum atomic E-state index is -0.214. The van der Waals surface area contributed by atoms with Gasteiger partial charge in [0.15, 0.2) is 0 Å². The van der Waals surface area contributed by atoms with E-state index in [-0.39, 0.29) is 22.8 Å². The Hall–Kier alpha value is -3.52. The molecule has 4 aromatic carbocycles. The molecule has 0 fully saturated rings. The summed E-state index contributed by atoms with van der Waals surface area (Å²) in [4.78, 5) is 0. The molecule has 0 radical (unpaired) electrons. The van der Waals surface area contributed by atoms with Crippen LogP contribution in [0.2, 0.25) is 0 Å². The molecule has 1 atom stereocenters. The van der Waals surface area contributed by atoms with E-state index in [4.69, 9.17) is 0 Å². The third-order valence-electron chi connectivity index (χ3n) is 6.30. The van der Waals surface area contributed by atoms with Crippen molar-refractivity contribution in [1.29, 1.82) is 0 Å². The minimum absolute atomic E-state index is 0.150. The summed E-state index contributed by atoms with van der Waals surface area (Å²) >= 11 is 0. The van der Waals surface area contributed by atoms with Gasteiger partial charge in [-0.05, 0) is 59.4 Å². The summed E-state index contributed by atoms with van der Waals surface area (Å²) in [5.41, 5.74) is 4.73. The molecule has 1 unspecified atom stereocenters. The van der Waals surface area contributed by atoms with Gasteiger partial charge >= 0.3 is 0 Å². The van der Waals surface area contributed by atoms with E-state index in [1.165, 1.54) is 22.3 Å². The van der Waals surface area contributed by atoms with Crippen LogP contribution in [-0.4, -0.2) is 10.2 Å². The van der Waals surface area contributed by atoms with Gasteiger partial charge in [-0.2, -0.15) is 0 Å². The molecule has 2 N–H and O–H groups in total. The van der Waals surface area contributed by atoms with Crippen molar-refractivity contribution < 1.29 is 10.2 Å². The third kappa shape index (κ3) is 4.64. The van der Waals surface area contributed by atoms with Crippen LogP contribution in [-0.2, 0) is 11.8 Å². The number of hydrogen-bond acceptors (Lipinski definition) is 2. The van der Waals surface area contributed by atoms with Crippen molar-refractivity contribution in [2.24, 2.45) is 0 Å². The normalized spacial score (nSPS) is 13.1. The van der Waals surface area contributed by atoms with Gasteiger partial charge in [-0.3, -0.25) is 0 Å². The molecule has 31 heavy (non-hydrogen) atoms. The Balaban J connectivity index is 1.82. The van der Waals surface area contributed by atoms with Crippen LogP contribution in [0.4, 0.5) is 0 Å². The Bertz CT molecular complexity index is 1050. The summed E-state index contributed by atoms with van der Waals surface area (Å²) in [5.74, 6) is 0.716. The van der Waals surface area contributed by atoms with Gasteiger partial charge in [-0.15, -0.1) is 0 Å². The highest BCUT2D eigenvalue weighted by atomic mass is 16.3. The minimum Gasteiger partial charge on any atom is -0.508 e. The Labute approximate surface area is 184 Å². The van der Waals surface area contributed by atoms with Crippen molar-refractivity contribution in [3.8, 4) is 11.5 Å². The van der Waals surface area contributed by atoms with E-state index in [0.29, 0.717) is 0 Å². The van der Waals surface area contributed by atoms with Crippen LogP contribution in [0.3, 0.4) is 0 Å². The first-order valence-corrected chi connectivity index (χ1v) is 10.7. The van der Waals surface area contributed by atoms with Gasteiger partial charge in [0.05, 0.1) is 0 Å². The van der Waals surface area contributed by atoms with E-state index >= 15 is 0 Å². The van der Waals surface area contributed by atoms with E-state index < -0.39 is 0 Å². The molecule has 0 bridgehead atoms. The molecule has 0 amide bonds. The van der Waals surface area contributed by atoms with Crippen LogP contribution in [0.25, 0.3) is 0 Å². The second-order valence-corrected chi connectivity index (χ2v) is 8.39. The van der Waals surface area contributed by atoms with Crippen molar-refractivity contribution >= 4 is 0 Å². The van der Waals surface area contributed by atoms with Gasteiger partial charge in [-0.25, -0.2) is 0 Å². The largest absolute Gasteiger partial charge is 0.508 e. The average Bonchev–Trinajstić information content (AvgIpc) is 2.81. The maximum atomic E-state index is 9.91. The van der Waals surface area contributed by atoms with Crippen molar-refractivity contribution in [2.75, 3.05) is 0 Å². The molecular formula is C29H28O2. The molecule has 0 aliphatic rings. The fourth-order valence-electron chi connectivity index (χ4n) is 4.58. The molecule has 0 spiro atoms. The Morgan fingerprint density at radius 1 is 0.613 bits per heavy atom. The molecule has 0 aliphatic carbocycles. The highest BCUT2D eigenvalue weighted by Gasteiger charge is 2.37. The van der Waals surface area contributed by atoms with Gasteiger partial charge in [0, 0.05) is 11.3 Å². The average molecular weight is 409 g/mol. The number of phenolic OH excluding ortho intramolecular Hbond substituents is 2. The van der Waals surface area contributed by atoms with E-state index in [1.54, 1.807) is 24.3 Å². The van der Waals surface area contributed by atoms with Crippen LogP contribution in [0.15, 0.2) is 109 Å². The van der Waals surface area contributed by atoms with Crippen LogP contribution >= 0.6 is 0 Å². The molecule has 2 nitrogen and oxygen atoms in total. The molecule has 0 saturated carbocycles. The first-order valence-electron chi connectivity index (χ1n) is 10.7. The lowest BCUT2D eigenvalue weighted by molar-refractivity contribution is 0.382. The van der Waals surface area contributed by atoms with Crippen LogP contribution in [0, 0.1) is 0 Å². The van der Waals surface area contributed by atoms with Gasteiger partial charge in [0.1, 0.15) is 11.5 Å². The summed E-state index contributed by atoms with van der Waals surface area (Å²) in [6, 6.07) is 36.5. The number of aromatic hydroxyl groups is 2. The van der Waals surface area contributed by atoms with Gasteiger partial charge in [0.2, 0.25) is 0 Å². The Kier molecular flexibility index (Phi) is 6.08. The first-order chi connectivity index (χ1) is 15.1. The van der Waals surface area contributed by atoms with Crippen LogP contribution < -0.4 is 0 Å². The highest BCUT2D eigenvalue weighted by Crippen LogP contribution is 2.46. The molecule has 2 heteroatoms. The molecule has 0 heterocycles. The Morgan fingerprint density at radius 2 is 1.06 bits per heavy atom. The molecule has 156 valence electrons. The predicted octanol–water partition coefficient (Wildman–Crippen LogP) is 6.82. The van der Waals surface area contributed by atoms with Gasteiger partial charge in [0.25, 0.3) is 0 Å². The van der Waals surface area contributed by atoms with Crippen molar-refractivity contribution in [2.45, 2.75) is 31.1 Å². The predicted molar refractivity (Wildman–Crippen MR) is 127 cm³/mol. The number of aryl methyl sites for hydroxylation is 1. The van der Waals surface area contributed by atoms with Crippen LogP contribution in [0.5, 0.6) is 11.5 Å². The second kappa shape index (κ2) is 9.09. The summed E-state index contributed by atoms with van der Waals surface area (Å²) in [6.45, 7) is 2.32. The number of phenols is 2. The fourth-order valence-corrected chi connectivity index (χ4v) is 4.58. The van der Waals surface area contributed by atoms with Crippen molar-refractivity contribution in [3.63, 3.8) is 0 Å². The molecule has 0 aliphatic heterocycles. The second-order valence-electron chi connectivity index (χ2n) is 8.39. The summed E-state index contributed by atoms with van der Waals surface area (Å²) < 4.78 is 0. The zero-order valence-electron chi connectivity index (χ0n) is 17.8. The summed E-state index contributed by atoms with van der Waals surface area (Å²) in [5, 5.41) is 19.6. The fraction of sp³-hybridized carbons (Fsp3) is 0.172. The molecular weight excluding hydrogens is 380 g/mol. The monoisotopic (exact) mass is 408 g/mol. The lowest BCUT2D eigenvalue weighted by Crippen LogP contribution is -2.32. The first kappa shape index (κ1) is 20.7. The lowest BCUT2D eigenvalue weighted by Gasteiger charge is -2.40. The highest BCUT2D eigenvalue weighted by molar-refractivity contribution is 5.43. The third-order valence-corrected chi connectivity index (χ3v) is 6.30. The van der Waals surface area contributed by atoms with Gasteiger partial charge < -0.3 is 10.2 Å². The number of hydrogen-bond donors (Lipinski definition) is 2. The lowest BCUT2D eigenvalue weighted by atomic mass is 9.63. The smallest absolute Gasteiger partial charge is 0.115 e. The maximum absolute atomic E-state index is 9.91. The van der Waals surface area contributed by atoms with E-state index in [9.17, 15) is 10.2 Å². The standard InChI is InChI=1S/C29H28O2/c1-29(25-14-18-27(31)19-15-25,21-20-22-12-16-26(30)17-13-22)28(23-8-4-2-5-9-23)24-10-6-3-7-11-24/h2-19,28,30-31H,20-21H2,1H3. The Morgan fingerprint density at radius 3 is 1.55 bits per heavy atom. The molecule has 4 rings (SSSR count). The number of benzene rings is 4. The number of rotatable bonds is 7. The molecule has 0 aromatic heterocycles. The maximum Gasteiger partial charge on any atom is 0.115 e. The summed E-state index contributed by atoms with van der Waals surface area (Å²) in [7, 11) is 0. The van der Waals surface area contributed by atoms with Crippen LogP contribution in [0.1, 0.15) is 41.5 Å². The zero-order valence-corrected chi connectivity index (χ0v) is 17.8. The quantitative estimate of drug-likeness (QED) is 0.352. The van der Waals surface area contributed by atoms with E-state index in [2.05, 4.69) is 67.6 Å². The summed E-state index contributed by atoms with van der Waals surface area (Å²) in [6.07, 6.45) is 1.80.